The van der Waals surface area contributed by atoms with Gasteiger partial charge in [-0.05, 0) is 56.4 Å². The zero-order valence-electron chi connectivity index (χ0n) is 20.2. The van der Waals surface area contributed by atoms with E-state index < -0.39 is 11.7 Å². The second-order valence-corrected chi connectivity index (χ2v) is 10.0. The third-order valence-corrected chi connectivity index (χ3v) is 8.03. The Bertz CT molecular complexity index is 940. The first-order chi connectivity index (χ1) is 16.4. The minimum atomic E-state index is -4.34. The van der Waals surface area contributed by atoms with Crippen molar-refractivity contribution in [2.45, 2.75) is 36.2 Å². The van der Waals surface area contributed by atoms with E-state index >= 15 is 0 Å². The van der Waals surface area contributed by atoms with E-state index in [1.807, 2.05) is 24.3 Å². The summed E-state index contributed by atoms with van der Waals surface area (Å²) in [4.78, 5) is 11.6. The largest absolute Gasteiger partial charge is 0.416 e. The molecule has 0 unspecified atom stereocenters. The Balaban J connectivity index is 1.35. The summed E-state index contributed by atoms with van der Waals surface area (Å²) < 4.78 is 40.2. The maximum absolute atomic E-state index is 13.4. The highest BCUT2D eigenvalue weighted by Gasteiger charge is 2.33. The number of hydrogen-bond donors (Lipinski definition) is 0. The molecule has 4 rings (SSSR count). The Morgan fingerprint density at radius 1 is 0.824 bits per heavy atom. The molecule has 0 atom stereocenters. The van der Waals surface area contributed by atoms with Gasteiger partial charge in [0.2, 0.25) is 0 Å². The minimum absolute atomic E-state index is 0.586. The van der Waals surface area contributed by atoms with E-state index in [-0.39, 0.29) is 0 Å². The van der Waals surface area contributed by atoms with Crippen LogP contribution in [-0.4, -0.2) is 80.1 Å². The van der Waals surface area contributed by atoms with E-state index in [0.29, 0.717) is 12.2 Å². The molecule has 0 saturated carbocycles. The summed E-state index contributed by atoms with van der Waals surface area (Å²) in [5.41, 5.74) is 1.08. The van der Waals surface area contributed by atoms with Crippen molar-refractivity contribution in [2.24, 2.45) is 0 Å². The third kappa shape index (κ3) is 6.08. The van der Waals surface area contributed by atoms with Gasteiger partial charge in [0, 0.05) is 55.6 Å². The fraction of sp³-hybridized carbons (Fsp3) is 0.538. The second-order valence-electron chi connectivity index (χ2n) is 8.97. The molecule has 4 nitrogen and oxygen atoms in total. The monoisotopic (exact) mass is 492 g/mol. The zero-order valence-corrected chi connectivity index (χ0v) is 21.0. The number of nitrogens with zero attached hydrogens (tertiary/aromatic N) is 4. The Morgan fingerprint density at radius 2 is 1.47 bits per heavy atom. The Kier molecular flexibility index (Phi) is 8.45. The van der Waals surface area contributed by atoms with Crippen molar-refractivity contribution in [1.82, 2.24) is 14.7 Å². The van der Waals surface area contributed by atoms with Crippen molar-refractivity contribution >= 4 is 23.1 Å². The topological polar surface area (TPSA) is 13.0 Å². The van der Waals surface area contributed by atoms with Gasteiger partial charge in [-0.2, -0.15) is 13.2 Å². The SMILES string of the molecule is CCN(CC)CCN1CCN(CCCN2c3ccccc3Sc3ccc(C(F)(F)F)cc32)CC1. The summed E-state index contributed by atoms with van der Waals surface area (Å²) >= 11 is 1.55. The summed E-state index contributed by atoms with van der Waals surface area (Å²) in [6.45, 7) is 14.8. The number of anilines is 2. The highest BCUT2D eigenvalue weighted by Crippen LogP contribution is 2.49. The van der Waals surface area contributed by atoms with Gasteiger partial charge in [0.05, 0.1) is 16.9 Å². The van der Waals surface area contributed by atoms with E-state index in [2.05, 4.69) is 33.4 Å². The molecule has 0 N–H and O–H groups in total. The third-order valence-electron chi connectivity index (χ3n) is 6.90. The molecule has 2 aromatic rings. The second kappa shape index (κ2) is 11.3. The van der Waals surface area contributed by atoms with Gasteiger partial charge in [-0.1, -0.05) is 37.7 Å². The lowest BCUT2D eigenvalue weighted by atomic mass is 10.1. The van der Waals surface area contributed by atoms with Crippen molar-refractivity contribution in [3.63, 3.8) is 0 Å². The highest BCUT2D eigenvalue weighted by molar-refractivity contribution is 7.99. The number of benzene rings is 2. The molecule has 0 aromatic heterocycles. The lowest BCUT2D eigenvalue weighted by Gasteiger charge is -2.37. The van der Waals surface area contributed by atoms with Crippen LogP contribution in [0.4, 0.5) is 24.5 Å². The van der Waals surface area contributed by atoms with E-state index in [1.165, 1.54) is 12.1 Å². The molecule has 2 aliphatic heterocycles. The lowest BCUT2D eigenvalue weighted by molar-refractivity contribution is -0.137. The van der Waals surface area contributed by atoms with Crippen LogP contribution in [0.25, 0.3) is 0 Å². The molecule has 0 bridgehead atoms. The number of rotatable bonds is 9. The van der Waals surface area contributed by atoms with Gasteiger partial charge in [-0.15, -0.1) is 0 Å². The lowest BCUT2D eigenvalue weighted by Crippen LogP contribution is -2.48. The van der Waals surface area contributed by atoms with E-state index in [4.69, 9.17) is 0 Å². The van der Waals surface area contributed by atoms with Gasteiger partial charge in [0.25, 0.3) is 0 Å². The highest BCUT2D eigenvalue weighted by atomic mass is 32.2. The summed E-state index contributed by atoms with van der Waals surface area (Å²) in [7, 11) is 0. The van der Waals surface area contributed by atoms with Gasteiger partial charge in [0.15, 0.2) is 0 Å². The average Bonchev–Trinajstić information content (AvgIpc) is 2.84. The standard InChI is InChI=1S/C26H35F3N4S/c1-3-30(4-2)14-15-32-18-16-31(17-19-32)12-7-13-33-22-8-5-6-9-24(22)34-25-11-10-21(20-23(25)33)26(27,28)29/h5-6,8-11,20H,3-4,7,12-19H2,1-2H3. The Morgan fingerprint density at radius 3 is 2.15 bits per heavy atom. The minimum Gasteiger partial charge on any atom is -0.340 e. The smallest absolute Gasteiger partial charge is 0.340 e. The Labute approximate surface area is 205 Å². The van der Waals surface area contributed by atoms with Gasteiger partial charge in [-0.25, -0.2) is 0 Å². The van der Waals surface area contributed by atoms with Crippen LogP contribution >= 0.6 is 11.8 Å². The van der Waals surface area contributed by atoms with Gasteiger partial charge in [0.1, 0.15) is 0 Å². The molecule has 0 aliphatic carbocycles. The molecule has 1 saturated heterocycles. The molecular weight excluding hydrogens is 457 g/mol. The fourth-order valence-electron chi connectivity index (χ4n) is 4.76. The van der Waals surface area contributed by atoms with Crippen LogP contribution in [0.1, 0.15) is 25.8 Å². The number of piperazine rings is 1. The Hall–Kier alpha value is -1.74. The van der Waals surface area contributed by atoms with Crippen LogP contribution in [0.5, 0.6) is 0 Å². The predicted octanol–water partition coefficient (Wildman–Crippen LogP) is 5.66. The van der Waals surface area contributed by atoms with Crippen LogP contribution < -0.4 is 4.90 Å². The molecule has 2 aliphatic rings. The first-order valence-corrected chi connectivity index (χ1v) is 13.1. The number of fused-ring (bicyclic) bond motifs is 2. The van der Waals surface area contributed by atoms with Crippen LogP contribution in [0.2, 0.25) is 0 Å². The number of hydrogen-bond acceptors (Lipinski definition) is 5. The van der Waals surface area contributed by atoms with Crippen molar-refractivity contribution < 1.29 is 13.2 Å². The first kappa shape index (κ1) is 25.4. The van der Waals surface area contributed by atoms with E-state index in [0.717, 1.165) is 80.8 Å². The van der Waals surface area contributed by atoms with Gasteiger partial charge in [-0.3, -0.25) is 4.90 Å². The van der Waals surface area contributed by atoms with E-state index in [1.54, 1.807) is 17.8 Å². The van der Waals surface area contributed by atoms with Gasteiger partial charge >= 0.3 is 6.18 Å². The van der Waals surface area contributed by atoms with Crippen molar-refractivity contribution in [3.05, 3.63) is 48.0 Å². The van der Waals surface area contributed by atoms with Crippen LogP contribution in [0.15, 0.2) is 52.3 Å². The molecule has 2 heterocycles. The molecule has 186 valence electrons. The van der Waals surface area contributed by atoms with E-state index in [9.17, 15) is 13.2 Å². The number of para-hydroxylation sites is 1. The molecule has 34 heavy (non-hydrogen) atoms. The molecule has 2 aromatic carbocycles. The summed E-state index contributed by atoms with van der Waals surface area (Å²) in [6, 6.07) is 12.1. The van der Waals surface area contributed by atoms with Crippen LogP contribution in [0.3, 0.4) is 0 Å². The molecular formula is C26H35F3N4S. The number of likely N-dealkylation sites (N-methyl/N-ethyl adjacent to an activating group) is 1. The summed E-state index contributed by atoms with van der Waals surface area (Å²) in [6.07, 6.45) is -3.43. The summed E-state index contributed by atoms with van der Waals surface area (Å²) in [5, 5.41) is 0. The number of alkyl halides is 3. The maximum Gasteiger partial charge on any atom is 0.416 e. The van der Waals surface area contributed by atoms with Crippen molar-refractivity contribution in [2.75, 3.05) is 70.3 Å². The molecule has 0 radical (unpaired) electrons. The average molecular weight is 493 g/mol. The predicted molar refractivity (Wildman–Crippen MR) is 134 cm³/mol. The van der Waals surface area contributed by atoms with Gasteiger partial charge < -0.3 is 14.7 Å². The van der Waals surface area contributed by atoms with Crippen LogP contribution in [-0.2, 0) is 6.18 Å². The quantitative estimate of drug-likeness (QED) is 0.447. The molecule has 0 amide bonds. The number of halogens is 3. The normalized spacial score (nSPS) is 17.2. The maximum atomic E-state index is 13.4. The molecule has 8 heteroatoms. The first-order valence-electron chi connectivity index (χ1n) is 12.3. The van der Waals surface area contributed by atoms with Crippen molar-refractivity contribution in [1.29, 1.82) is 0 Å². The van der Waals surface area contributed by atoms with Crippen molar-refractivity contribution in [3.8, 4) is 0 Å². The summed E-state index contributed by atoms with van der Waals surface area (Å²) in [5.74, 6) is 0. The molecule has 1 fully saturated rings. The molecule has 0 spiro atoms. The fourth-order valence-corrected chi connectivity index (χ4v) is 5.83. The van der Waals surface area contributed by atoms with Crippen LogP contribution in [0, 0.1) is 0 Å². The zero-order chi connectivity index (χ0) is 24.1.